The molecule has 1 aromatic rings. The van der Waals surface area contributed by atoms with Crippen molar-refractivity contribution in [3.05, 3.63) is 48.6 Å². The summed E-state index contributed by atoms with van der Waals surface area (Å²) in [6.45, 7) is 1.30. The maximum atomic E-state index is 14.2. The van der Waals surface area contributed by atoms with Crippen molar-refractivity contribution in [1.29, 1.82) is 0 Å². The van der Waals surface area contributed by atoms with E-state index in [9.17, 15) is 19.5 Å². The number of anilines is 1. The van der Waals surface area contributed by atoms with Crippen molar-refractivity contribution in [2.45, 2.75) is 28.9 Å². The summed E-state index contributed by atoms with van der Waals surface area (Å²) in [5.74, 6) is -0.744. The number of rotatable bonds is 6. The highest BCUT2D eigenvalue weighted by atomic mass is 32.2. The van der Waals surface area contributed by atoms with Crippen molar-refractivity contribution in [3.63, 3.8) is 0 Å². The standard InChI is InChI=1S/C26H31N3O5S/c1-27-13-5-7-19-20(23(27)31)21-24(32)29(14-3-4-16-30)22-25(33)28(15-6-12-26(21,22)35-19)17-8-10-18(34-2)11-9-17/h5-12,19-22,30H,3-4,13-16H2,1-2H3/t19-,20+,21+,22?,26+/m1/s1. The summed E-state index contributed by atoms with van der Waals surface area (Å²) in [7, 11) is 3.36. The highest BCUT2D eigenvalue weighted by molar-refractivity contribution is 8.02. The van der Waals surface area contributed by atoms with Gasteiger partial charge in [0.15, 0.2) is 0 Å². The number of carbonyl (C=O) groups excluding carboxylic acids is 3. The van der Waals surface area contributed by atoms with E-state index < -0.39 is 22.6 Å². The van der Waals surface area contributed by atoms with E-state index >= 15 is 0 Å². The summed E-state index contributed by atoms with van der Waals surface area (Å²) in [4.78, 5) is 46.7. The molecule has 9 heteroatoms. The Kier molecular flexibility index (Phi) is 6.40. The number of unbranched alkanes of at least 4 members (excludes halogenated alkanes) is 1. The molecule has 0 saturated carbocycles. The molecule has 0 radical (unpaired) electrons. The Labute approximate surface area is 209 Å². The molecule has 1 N–H and O–H groups in total. The molecule has 186 valence electrons. The van der Waals surface area contributed by atoms with Gasteiger partial charge in [-0.3, -0.25) is 14.4 Å². The second-order valence-corrected chi connectivity index (χ2v) is 11.0. The van der Waals surface area contributed by atoms with Crippen molar-refractivity contribution >= 4 is 35.2 Å². The lowest BCUT2D eigenvalue weighted by molar-refractivity contribution is -0.142. The minimum absolute atomic E-state index is 0.0284. The third-order valence-electron chi connectivity index (χ3n) is 7.55. The molecule has 0 aliphatic carbocycles. The fraction of sp³-hybridized carbons (Fsp3) is 0.500. The zero-order valence-corrected chi connectivity index (χ0v) is 20.8. The summed E-state index contributed by atoms with van der Waals surface area (Å²) in [6, 6.07) is 6.61. The number of hydrogen-bond acceptors (Lipinski definition) is 6. The number of nitrogens with zero attached hydrogens (tertiary/aromatic N) is 3. The highest BCUT2D eigenvalue weighted by Crippen LogP contribution is 2.61. The van der Waals surface area contributed by atoms with Gasteiger partial charge in [0.2, 0.25) is 11.8 Å². The second-order valence-electron chi connectivity index (χ2n) is 9.50. The van der Waals surface area contributed by atoms with E-state index in [0.717, 1.165) is 5.69 Å². The molecule has 0 bridgehead atoms. The van der Waals surface area contributed by atoms with Gasteiger partial charge in [0.1, 0.15) is 11.8 Å². The Morgan fingerprint density at radius 2 is 1.83 bits per heavy atom. The van der Waals surface area contributed by atoms with Crippen LogP contribution in [0.5, 0.6) is 5.75 Å². The zero-order valence-electron chi connectivity index (χ0n) is 20.0. The fourth-order valence-corrected chi connectivity index (χ4v) is 7.90. The average molecular weight is 498 g/mol. The van der Waals surface area contributed by atoms with E-state index in [4.69, 9.17) is 4.74 Å². The van der Waals surface area contributed by atoms with Crippen LogP contribution in [-0.2, 0) is 14.4 Å². The third kappa shape index (κ3) is 3.76. The van der Waals surface area contributed by atoms with Crippen LogP contribution < -0.4 is 9.64 Å². The van der Waals surface area contributed by atoms with Crippen LogP contribution >= 0.6 is 11.8 Å². The number of aliphatic hydroxyl groups excluding tert-OH is 1. The summed E-state index contributed by atoms with van der Waals surface area (Å²) in [5, 5.41) is 9.16. The first-order valence-corrected chi connectivity index (χ1v) is 12.9. The first-order chi connectivity index (χ1) is 16.9. The molecule has 4 aliphatic heterocycles. The number of ether oxygens (including phenoxy) is 1. The molecule has 1 spiro atoms. The van der Waals surface area contributed by atoms with Gasteiger partial charge < -0.3 is 24.5 Å². The number of fused-ring (bicyclic) bond motifs is 2. The summed E-state index contributed by atoms with van der Waals surface area (Å²) in [6.07, 6.45) is 9.15. The van der Waals surface area contributed by atoms with E-state index in [1.54, 1.807) is 40.6 Å². The van der Waals surface area contributed by atoms with Crippen LogP contribution in [0.1, 0.15) is 12.8 Å². The van der Waals surface area contributed by atoms with Crippen LogP contribution in [0.15, 0.2) is 48.6 Å². The predicted octanol–water partition coefficient (Wildman–Crippen LogP) is 1.70. The Morgan fingerprint density at radius 3 is 2.54 bits per heavy atom. The number of benzene rings is 1. The monoisotopic (exact) mass is 497 g/mol. The molecule has 35 heavy (non-hydrogen) atoms. The molecule has 4 heterocycles. The van der Waals surface area contributed by atoms with E-state index in [1.165, 1.54) is 0 Å². The number of likely N-dealkylation sites (N-methyl/N-ethyl adjacent to an activating group) is 1. The predicted molar refractivity (Wildman–Crippen MR) is 134 cm³/mol. The van der Waals surface area contributed by atoms with Crippen LogP contribution in [0.3, 0.4) is 0 Å². The molecular formula is C26H31N3O5S. The fourth-order valence-electron chi connectivity index (χ4n) is 5.89. The average Bonchev–Trinajstić information content (AvgIpc) is 3.18. The zero-order chi connectivity index (χ0) is 24.7. The number of likely N-dealkylation sites (tertiary alicyclic amines) is 1. The molecule has 5 rings (SSSR count). The molecule has 2 fully saturated rings. The number of carbonyl (C=O) groups is 3. The van der Waals surface area contributed by atoms with Gasteiger partial charge in [-0.05, 0) is 37.1 Å². The van der Waals surface area contributed by atoms with Gasteiger partial charge in [0.05, 0.1) is 23.7 Å². The Morgan fingerprint density at radius 1 is 1.06 bits per heavy atom. The molecule has 3 amide bonds. The van der Waals surface area contributed by atoms with E-state index in [0.29, 0.717) is 38.2 Å². The van der Waals surface area contributed by atoms with Gasteiger partial charge in [0, 0.05) is 44.2 Å². The number of thioether (sulfide) groups is 1. The lowest BCUT2D eigenvalue weighted by Gasteiger charge is -2.35. The number of methoxy groups -OCH3 is 1. The molecule has 8 nitrogen and oxygen atoms in total. The molecule has 2 saturated heterocycles. The van der Waals surface area contributed by atoms with Crippen LogP contribution in [0.4, 0.5) is 5.69 Å². The topological polar surface area (TPSA) is 90.4 Å². The maximum absolute atomic E-state index is 14.2. The normalized spacial score (nSPS) is 31.9. The van der Waals surface area contributed by atoms with E-state index in [-0.39, 0.29) is 29.6 Å². The van der Waals surface area contributed by atoms with Crippen LogP contribution in [0.2, 0.25) is 0 Å². The molecule has 1 aromatic carbocycles. The van der Waals surface area contributed by atoms with Crippen LogP contribution in [0, 0.1) is 11.8 Å². The number of hydrogen-bond donors (Lipinski definition) is 1. The minimum atomic E-state index is -0.817. The first-order valence-electron chi connectivity index (χ1n) is 12.1. The lowest BCUT2D eigenvalue weighted by atomic mass is 9.78. The first kappa shape index (κ1) is 23.9. The molecule has 5 atom stereocenters. The van der Waals surface area contributed by atoms with Crippen LogP contribution in [-0.4, -0.2) is 89.1 Å². The van der Waals surface area contributed by atoms with Crippen molar-refractivity contribution in [2.24, 2.45) is 11.8 Å². The highest BCUT2D eigenvalue weighted by Gasteiger charge is 2.70. The SMILES string of the molecule is COc1ccc(N2CC=C[C@]34S[C@@H]5C=CCN(C)C(=O)[C@@H]5[C@H]3C(=O)N(CCCCO)C4C2=O)cc1. The van der Waals surface area contributed by atoms with Crippen molar-refractivity contribution in [3.8, 4) is 5.75 Å². The lowest BCUT2D eigenvalue weighted by Crippen LogP contribution is -2.53. The molecule has 0 aromatic heterocycles. The maximum Gasteiger partial charge on any atom is 0.251 e. The van der Waals surface area contributed by atoms with Gasteiger partial charge in [-0.25, -0.2) is 0 Å². The Balaban J connectivity index is 1.57. The summed E-state index contributed by atoms with van der Waals surface area (Å²) < 4.78 is 4.45. The van der Waals surface area contributed by atoms with Gasteiger partial charge in [-0.1, -0.05) is 24.3 Å². The van der Waals surface area contributed by atoms with E-state index in [1.807, 2.05) is 48.6 Å². The van der Waals surface area contributed by atoms with E-state index in [2.05, 4.69) is 0 Å². The molecular weight excluding hydrogens is 466 g/mol. The van der Waals surface area contributed by atoms with Gasteiger partial charge in [-0.2, -0.15) is 0 Å². The number of amides is 3. The smallest absolute Gasteiger partial charge is 0.251 e. The quantitative estimate of drug-likeness (QED) is 0.475. The second kappa shape index (κ2) is 9.35. The molecule has 4 aliphatic rings. The molecule has 1 unspecified atom stereocenters. The van der Waals surface area contributed by atoms with Crippen LogP contribution in [0.25, 0.3) is 0 Å². The Bertz CT molecular complexity index is 1070. The minimum Gasteiger partial charge on any atom is -0.497 e. The largest absolute Gasteiger partial charge is 0.497 e. The van der Waals surface area contributed by atoms with Gasteiger partial charge in [0.25, 0.3) is 5.91 Å². The summed E-state index contributed by atoms with van der Waals surface area (Å²) in [5.41, 5.74) is 0.733. The van der Waals surface area contributed by atoms with Crippen molar-refractivity contribution < 1.29 is 24.2 Å². The van der Waals surface area contributed by atoms with Gasteiger partial charge in [-0.15, -0.1) is 11.8 Å². The van der Waals surface area contributed by atoms with Crippen molar-refractivity contribution in [1.82, 2.24) is 9.80 Å². The number of aliphatic hydroxyl groups is 1. The summed E-state index contributed by atoms with van der Waals surface area (Å²) >= 11 is 1.58. The third-order valence-corrected chi connectivity index (χ3v) is 9.30. The van der Waals surface area contributed by atoms with Crippen molar-refractivity contribution in [2.75, 3.05) is 45.3 Å². The Hall–Kier alpha value is -2.78. The van der Waals surface area contributed by atoms with Gasteiger partial charge >= 0.3 is 0 Å².